The first-order valence-electron chi connectivity index (χ1n) is 4.72. The molecule has 1 aromatic rings. The normalized spacial score (nSPS) is 25.5. The molecule has 1 aromatic carbocycles. The minimum atomic E-state index is -0.415. The standard InChI is InChI=1S/C11H14FNO/c1-13(2)11-9-6-8(12)4-3-7(9)5-10(11)14/h3-4,6,10-11,14H,5H2,1-2H3. The summed E-state index contributed by atoms with van der Waals surface area (Å²) in [6.45, 7) is 0. The van der Waals surface area contributed by atoms with E-state index in [1.165, 1.54) is 12.1 Å². The van der Waals surface area contributed by atoms with Crippen LogP contribution in [0.4, 0.5) is 4.39 Å². The van der Waals surface area contributed by atoms with Crippen molar-refractivity contribution >= 4 is 0 Å². The molecule has 0 bridgehead atoms. The summed E-state index contributed by atoms with van der Waals surface area (Å²) in [4.78, 5) is 1.93. The smallest absolute Gasteiger partial charge is 0.123 e. The molecule has 2 nitrogen and oxygen atoms in total. The van der Waals surface area contributed by atoms with Crippen molar-refractivity contribution in [1.29, 1.82) is 0 Å². The molecule has 1 aliphatic carbocycles. The molecular formula is C11H14FNO. The van der Waals surface area contributed by atoms with E-state index >= 15 is 0 Å². The summed E-state index contributed by atoms with van der Waals surface area (Å²) in [5.41, 5.74) is 1.97. The number of aliphatic hydroxyl groups excluding tert-OH is 1. The van der Waals surface area contributed by atoms with Gasteiger partial charge in [-0.1, -0.05) is 6.07 Å². The van der Waals surface area contributed by atoms with Crippen molar-refractivity contribution in [2.45, 2.75) is 18.6 Å². The summed E-state index contributed by atoms with van der Waals surface area (Å²) < 4.78 is 13.0. The molecule has 0 saturated heterocycles. The Morgan fingerprint density at radius 3 is 2.79 bits per heavy atom. The number of halogens is 1. The van der Waals surface area contributed by atoms with Gasteiger partial charge in [0.2, 0.25) is 0 Å². The Labute approximate surface area is 83.0 Å². The van der Waals surface area contributed by atoms with Crippen LogP contribution in [0.5, 0.6) is 0 Å². The topological polar surface area (TPSA) is 23.5 Å². The molecular weight excluding hydrogens is 181 g/mol. The van der Waals surface area contributed by atoms with Crippen LogP contribution in [0.15, 0.2) is 18.2 Å². The number of likely N-dealkylation sites (N-methyl/N-ethyl adjacent to an activating group) is 1. The van der Waals surface area contributed by atoms with Gasteiger partial charge in [-0.05, 0) is 37.4 Å². The molecule has 1 aliphatic rings. The first-order valence-corrected chi connectivity index (χ1v) is 4.72. The fourth-order valence-electron chi connectivity index (χ4n) is 2.19. The van der Waals surface area contributed by atoms with Crippen molar-refractivity contribution in [3.63, 3.8) is 0 Å². The monoisotopic (exact) mass is 195 g/mol. The lowest BCUT2D eigenvalue weighted by molar-refractivity contribution is 0.0901. The van der Waals surface area contributed by atoms with Crippen LogP contribution in [0.25, 0.3) is 0 Å². The van der Waals surface area contributed by atoms with Gasteiger partial charge in [0.1, 0.15) is 5.82 Å². The van der Waals surface area contributed by atoms with Gasteiger partial charge in [-0.15, -0.1) is 0 Å². The first kappa shape index (κ1) is 9.62. The molecule has 2 atom stereocenters. The first-order chi connectivity index (χ1) is 6.59. The average Bonchev–Trinajstić information content (AvgIpc) is 2.40. The van der Waals surface area contributed by atoms with E-state index in [-0.39, 0.29) is 11.9 Å². The Morgan fingerprint density at radius 1 is 1.43 bits per heavy atom. The van der Waals surface area contributed by atoms with Crippen molar-refractivity contribution in [1.82, 2.24) is 4.90 Å². The van der Waals surface area contributed by atoms with E-state index in [2.05, 4.69) is 0 Å². The van der Waals surface area contributed by atoms with Gasteiger partial charge in [0, 0.05) is 6.42 Å². The van der Waals surface area contributed by atoms with E-state index < -0.39 is 6.10 Å². The summed E-state index contributed by atoms with van der Waals surface area (Å²) in [7, 11) is 3.79. The summed E-state index contributed by atoms with van der Waals surface area (Å²) in [5, 5.41) is 9.81. The van der Waals surface area contributed by atoms with Crippen molar-refractivity contribution in [2.75, 3.05) is 14.1 Å². The third-order valence-corrected chi connectivity index (χ3v) is 2.78. The lowest BCUT2D eigenvalue weighted by atomic mass is 10.1. The second-order valence-corrected chi connectivity index (χ2v) is 4.02. The van der Waals surface area contributed by atoms with Crippen LogP contribution in [0.1, 0.15) is 17.2 Å². The highest BCUT2D eigenvalue weighted by Crippen LogP contribution is 2.34. The van der Waals surface area contributed by atoms with Gasteiger partial charge in [-0.2, -0.15) is 0 Å². The third-order valence-electron chi connectivity index (χ3n) is 2.78. The molecule has 1 N–H and O–H groups in total. The fourth-order valence-corrected chi connectivity index (χ4v) is 2.19. The Kier molecular flexibility index (Phi) is 2.29. The maximum absolute atomic E-state index is 13.0. The second-order valence-electron chi connectivity index (χ2n) is 4.02. The van der Waals surface area contributed by atoms with Crippen LogP contribution in [0.2, 0.25) is 0 Å². The average molecular weight is 195 g/mol. The molecule has 3 heteroatoms. The lowest BCUT2D eigenvalue weighted by Crippen LogP contribution is -2.27. The van der Waals surface area contributed by atoms with E-state index in [4.69, 9.17) is 0 Å². The van der Waals surface area contributed by atoms with Crippen LogP contribution in [-0.2, 0) is 6.42 Å². The van der Waals surface area contributed by atoms with E-state index in [1.54, 1.807) is 6.07 Å². The van der Waals surface area contributed by atoms with Gasteiger partial charge in [0.15, 0.2) is 0 Å². The molecule has 0 heterocycles. The summed E-state index contributed by atoms with van der Waals surface area (Å²) in [6.07, 6.45) is 0.208. The lowest BCUT2D eigenvalue weighted by Gasteiger charge is -2.23. The van der Waals surface area contributed by atoms with Gasteiger partial charge < -0.3 is 10.0 Å². The van der Waals surface area contributed by atoms with Crippen LogP contribution in [0.3, 0.4) is 0 Å². The molecule has 2 unspecified atom stereocenters. The maximum Gasteiger partial charge on any atom is 0.123 e. The highest BCUT2D eigenvalue weighted by Gasteiger charge is 2.32. The zero-order chi connectivity index (χ0) is 10.3. The minimum absolute atomic E-state index is 0.0688. The number of fused-ring (bicyclic) bond motifs is 1. The molecule has 0 saturated carbocycles. The fraction of sp³-hybridized carbons (Fsp3) is 0.455. The van der Waals surface area contributed by atoms with E-state index in [1.807, 2.05) is 19.0 Å². The molecule has 0 amide bonds. The van der Waals surface area contributed by atoms with E-state index in [0.29, 0.717) is 6.42 Å². The van der Waals surface area contributed by atoms with Crippen molar-refractivity contribution in [3.05, 3.63) is 35.1 Å². The van der Waals surface area contributed by atoms with E-state index in [0.717, 1.165) is 11.1 Å². The predicted molar refractivity (Wildman–Crippen MR) is 52.5 cm³/mol. The SMILES string of the molecule is CN(C)C1c2cc(F)ccc2CC1O. The molecule has 0 aromatic heterocycles. The Bertz CT molecular complexity index is 351. The zero-order valence-corrected chi connectivity index (χ0v) is 8.37. The van der Waals surface area contributed by atoms with Gasteiger partial charge in [-0.3, -0.25) is 0 Å². The largest absolute Gasteiger partial charge is 0.391 e. The highest BCUT2D eigenvalue weighted by molar-refractivity contribution is 5.36. The molecule has 0 aliphatic heterocycles. The molecule has 0 spiro atoms. The van der Waals surface area contributed by atoms with Crippen molar-refractivity contribution < 1.29 is 9.50 Å². The van der Waals surface area contributed by atoms with E-state index in [9.17, 15) is 9.50 Å². The summed E-state index contributed by atoms with van der Waals surface area (Å²) in [5.74, 6) is -0.232. The molecule has 0 fully saturated rings. The second kappa shape index (κ2) is 3.33. The Hall–Kier alpha value is -0.930. The number of nitrogens with zero attached hydrogens (tertiary/aromatic N) is 1. The molecule has 2 rings (SSSR count). The van der Waals surface area contributed by atoms with Crippen molar-refractivity contribution in [2.24, 2.45) is 0 Å². The third kappa shape index (κ3) is 1.42. The van der Waals surface area contributed by atoms with Gasteiger partial charge in [-0.25, -0.2) is 4.39 Å². The van der Waals surface area contributed by atoms with Crippen molar-refractivity contribution in [3.8, 4) is 0 Å². The molecule has 76 valence electrons. The van der Waals surface area contributed by atoms with Crippen LogP contribution in [0, 0.1) is 5.82 Å². The van der Waals surface area contributed by atoms with Crippen LogP contribution in [-0.4, -0.2) is 30.2 Å². The number of aliphatic hydroxyl groups is 1. The molecule has 0 radical (unpaired) electrons. The molecule has 14 heavy (non-hydrogen) atoms. The number of hydrogen-bond donors (Lipinski definition) is 1. The number of rotatable bonds is 1. The maximum atomic E-state index is 13.0. The van der Waals surface area contributed by atoms with Gasteiger partial charge >= 0.3 is 0 Å². The quantitative estimate of drug-likeness (QED) is 0.731. The Morgan fingerprint density at radius 2 is 2.14 bits per heavy atom. The summed E-state index contributed by atoms with van der Waals surface area (Å²) >= 11 is 0. The summed E-state index contributed by atoms with van der Waals surface area (Å²) in [6, 6.07) is 4.66. The highest BCUT2D eigenvalue weighted by atomic mass is 19.1. The van der Waals surface area contributed by atoms with Gasteiger partial charge in [0.05, 0.1) is 12.1 Å². The Balaban J connectivity index is 2.44. The van der Waals surface area contributed by atoms with Crippen LogP contribution < -0.4 is 0 Å². The minimum Gasteiger partial charge on any atom is -0.391 e. The van der Waals surface area contributed by atoms with Gasteiger partial charge in [0.25, 0.3) is 0 Å². The predicted octanol–water partition coefficient (Wildman–Crippen LogP) is 1.35. The zero-order valence-electron chi connectivity index (χ0n) is 8.37. The number of hydrogen-bond acceptors (Lipinski definition) is 2. The van der Waals surface area contributed by atoms with Crippen LogP contribution >= 0.6 is 0 Å². The number of benzene rings is 1.